The summed E-state index contributed by atoms with van der Waals surface area (Å²) < 4.78 is 46.3. The van der Waals surface area contributed by atoms with Crippen molar-refractivity contribution in [2.45, 2.75) is 70.0 Å². The molecule has 3 aromatic rings. The minimum atomic E-state index is -4.50. The number of Topliss-reactive ketones (excluding diaryl/α,β-unsaturated/α-hetero) is 1. The zero-order valence-corrected chi connectivity index (χ0v) is 20.1. The normalized spacial score (nSPS) is 14.9. The van der Waals surface area contributed by atoms with E-state index in [9.17, 15) is 22.8 Å². The van der Waals surface area contributed by atoms with Crippen LogP contribution in [0.3, 0.4) is 0 Å². The monoisotopic (exact) mass is 503 g/mol. The molecule has 1 aliphatic carbocycles. The van der Waals surface area contributed by atoms with Gasteiger partial charge in [0.15, 0.2) is 0 Å². The number of benzene rings is 1. The topological polar surface area (TPSA) is 130 Å². The second-order valence-corrected chi connectivity index (χ2v) is 9.75. The van der Waals surface area contributed by atoms with Gasteiger partial charge in [-0.25, -0.2) is 4.68 Å². The van der Waals surface area contributed by atoms with Crippen molar-refractivity contribution in [1.82, 2.24) is 14.9 Å². The van der Waals surface area contributed by atoms with E-state index in [-0.39, 0.29) is 47.5 Å². The summed E-state index contributed by atoms with van der Waals surface area (Å²) in [6.45, 7) is 2.01. The maximum atomic E-state index is 13.2. The van der Waals surface area contributed by atoms with Gasteiger partial charge in [0, 0.05) is 18.1 Å². The lowest BCUT2D eigenvalue weighted by Gasteiger charge is -2.24. The Morgan fingerprint density at radius 1 is 1.11 bits per heavy atom. The van der Waals surface area contributed by atoms with Crippen molar-refractivity contribution in [3.8, 4) is 11.3 Å². The molecule has 11 heteroatoms. The fourth-order valence-corrected chi connectivity index (χ4v) is 4.42. The van der Waals surface area contributed by atoms with E-state index in [2.05, 4.69) is 10.3 Å². The van der Waals surface area contributed by atoms with Crippen molar-refractivity contribution in [1.29, 1.82) is 0 Å². The number of nitrogen functional groups attached to an aromatic ring is 1. The number of anilines is 1. The van der Waals surface area contributed by atoms with Gasteiger partial charge < -0.3 is 16.0 Å². The second-order valence-electron chi connectivity index (χ2n) is 9.75. The van der Waals surface area contributed by atoms with Crippen LogP contribution in [0.1, 0.15) is 72.9 Å². The number of carbonyl (C=O) groups is 2. The molecule has 4 rings (SSSR count). The zero-order chi connectivity index (χ0) is 26.3. The van der Waals surface area contributed by atoms with Crippen molar-refractivity contribution < 1.29 is 27.3 Å². The number of carbonyl (C=O) groups excluding carboxylic acids is 2. The average Bonchev–Trinajstić information content (AvgIpc) is 3.53. The molecule has 0 saturated heterocycles. The fraction of sp³-hybridized carbons (Fsp3) is 0.440. The highest BCUT2D eigenvalue weighted by Gasteiger charge is 2.50. The van der Waals surface area contributed by atoms with Crippen molar-refractivity contribution >= 4 is 17.5 Å². The molecule has 192 valence electrons. The summed E-state index contributed by atoms with van der Waals surface area (Å²) >= 11 is 0. The van der Waals surface area contributed by atoms with Gasteiger partial charge in [-0.3, -0.25) is 9.59 Å². The molecule has 0 unspecified atom stereocenters. The first kappa shape index (κ1) is 25.5. The SMILES string of the molecule is CC(C)(c1cc(CC(=O)Cc2ccc(-c3nn(C4CCCC4)c(N)c3C(N)=O)cc2)on1)C(F)(F)F. The quantitative estimate of drug-likeness (QED) is 0.465. The van der Waals surface area contributed by atoms with Crippen molar-refractivity contribution in [2.24, 2.45) is 5.73 Å². The van der Waals surface area contributed by atoms with Gasteiger partial charge in [-0.1, -0.05) is 42.3 Å². The minimum Gasteiger partial charge on any atom is -0.383 e. The Hall–Kier alpha value is -3.63. The lowest BCUT2D eigenvalue weighted by molar-refractivity contribution is -0.181. The summed E-state index contributed by atoms with van der Waals surface area (Å²) in [6, 6.07) is 8.21. The van der Waals surface area contributed by atoms with Crippen LogP contribution in [0, 0.1) is 0 Å². The Labute approximate surface area is 205 Å². The summed E-state index contributed by atoms with van der Waals surface area (Å²) in [5.74, 6) is -0.583. The number of nitrogens with two attached hydrogens (primary N) is 2. The second kappa shape index (κ2) is 9.44. The molecular formula is C25H28F3N5O3. The number of hydrogen-bond acceptors (Lipinski definition) is 6. The molecular weight excluding hydrogens is 475 g/mol. The number of primary amides is 1. The standard InChI is InChI=1S/C25H28F3N5O3/c1-24(2,25(26,27)28)19-13-18(36-32-19)12-17(34)11-14-7-9-15(10-8-14)21-20(23(30)35)22(29)33(31-21)16-5-3-4-6-16/h7-10,13,16H,3-6,11-12,29H2,1-2H3,(H2,30,35). The van der Waals surface area contributed by atoms with E-state index in [1.807, 2.05) is 0 Å². The molecule has 0 atom stereocenters. The van der Waals surface area contributed by atoms with Gasteiger partial charge in [-0.2, -0.15) is 18.3 Å². The maximum Gasteiger partial charge on any atom is 0.399 e. The number of hydrogen-bond donors (Lipinski definition) is 2. The highest BCUT2D eigenvalue weighted by Crippen LogP contribution is 2.40. The zero-order valence-electron chi connectivity index (χ0n) is 20.1. The molecule has 4 N–H and O–H groups in total. The van der Waals surface area contributed by atoms with Gasteiger partial charge in [0.05, 0.1) is 18.2 Å². The molecule has 0 aliphatic heterocycles. The lowest BCUT2D eigenvalue weighted by Crippen LogP contribution is -2.36. The summed E-state index contributed by atoms with van der Waals surface area (Å²) in [5, 5.41) is 8.11. The van der Waals surface area contributed by atoms with Crippen LogP contribution in [0.2, 0.25) is 0 Å². The Balaban J connectivity index is 1.47. The molecule has 0 bridgehead atoms. The highest BCUT2D eigenvalue weighted by molar-refractivity contribution is 6.03. The molecule has 0 spiro atoms. The smallest absolute Gasteiger partial charge is 0.383 e. The number of amides is 1. The molecule has 1 aromatic carbocycles. The summed E-state index contributed by atoms with van der Waals surface area (Å²) in [6.07, 6.45) is -0.626. The van der Waals surface area contributed by atoms with Crippen molar-refractivity contribution in [3.63, 3.8) is 0 Å². The molecule has 8 nitrogen and oxygen atoms in total. The third-order valence-electron chi connectivity index (χ3n) is 6.77. The molecule has 1 amide bonds. The predicted octanol–water partition coefficient (Wildman–Crippen LogP) is 4.53. The van der Waals surface area contributed by atoms with Gasteiger partial charge >= 0.3 is 6.18 Å². The summed E-state index contributed by atoms with van der Waals surface area (Å²) in [5.41, 5.74) is 11.2. The van der Waals surface area contributed by atoms with Crippen LogP contribution in [-0.4, -0.2) is 32.8 Å². The van der Waals surface area contributed by atoms with E-state index >= 15 is 0 Å². The highest BCUT2D eigenvalue weighted by atomic mass is 19.4. The van der Waals surface area contributed by atoms with Crippen LogP contribution in [0.4, 0.5) is 19.0 Å². The molecule has 0 radical (unpaired) electrons. The maximum absolute atomic E-state index is 13.2. The van der Waals surface area contributed by atoms with Gasteiger partial charge in [0.25, 0.3) is 5.91 Å². The number of rotatable bonds is 8. The van der Waals surface area contributed by atoms with Crippen LogP contribution < -0.4 is 11.5 Å². The molecule has 1 fully saturated rings. The van der Waals surface area contributed by atoms with Gasteiger partial charge in [0.2, 0.25) is 0 Å². The van der Waals surface area contributed by atoms with E-state index in [0.29, 0.717) is 16.8 Å². The number of ketones is 1. The Morgan fingerprint density at radius 3 is 2.33 bits per heavy atom. The van der Waals surface area contributed by atoms with E-state index in [1.54, 1.807) is 28.9 Å². The largest absolute Gasteiger partial charge is 0.399 e. The Bertz CT molecular complexity index is 1270. The predicted molar refractivity (Wildman–Crippen MR) is 126 cm³/mol. The molecule has 1 saturated carbocycles. The first-order valence-electron chi connectivity index (χ1n) is 11.7. The molecule has 2 aromatic heterocycles. The van der Waals surface area contributed by atoms with E-state index < -0.39 is 17.5 Å². The molecule has 36 heavy (non-hydrogen) atoms. The lowest BCUT2D eigenvalue weighted by atomic mass is 9.88. The van der Waals surface area contributed by atoms with Crippen LogP contribution >= 0.6 is 0 Å². The van der Waals surface area contributed by atoms with Crippen LogP contribution in [-0.2, 0) is 23.1 Å². The van der Waals surface area contributed by atoms with Gasteiger partial charge in [-0.05, 0) is 32.3 Å². The fourth-order valence-electron chi connectivity index (χ4n) is 4.42. The van der Waals surface area contributed by atoms with Gasteiger partial charge in [-0.15, -0.1) is 0 Å². The minimum absolute atomic E-state index is 0.0420. The number of nitrogens with zero attached hydrogens (tertiary/aromatic N) is 3. The van der Waals surface area contributed by atoms with E-state index in [1.165, 1.54) is 6.07 Å². The first-order valence-corrected chi connectivity index (χ1v) is 11.7. The third kappa shape index (κ3) is 4.87. The van der Waals surface area contributed by atoms with Crippen molar-refractivity contribution in [2.75, 3.05) is 5.73 Å². The Kier molecular flexibility index (Phi) is 6.68. The van der Waals surface area contributed by atoms with Crippen LogP contribution in [0.15, 0.2) is 34.9 Å². The van der Waals surface area contributed by atoms with E-state index in [0.717, 1.165) is 39.5 Å². The Morgan fingerprint density at radius 2 is 1.75 bits per heavy atom. The van der Waals surface area contributed by atoms with E-state index in [4.69, 9.17) is 16.0 Å². The summed E-state index contributed by atoms with van der Waals surface area (Å²) in [4.78, 5) is 24.6. The number of halogens is 3. The average molecular weight is 504 g/mol. The van der Waals surface area contributed by atoms with Crippen LogP contribution in [0.5, 0.6) is 0 Å². The molecule has 2 heterocycles. The van der Waals surface area contributed by atoms with Crippen molar-refractivity contribution in [3.05, 3.63) is 52.9 Å². The number of aromatic nitrogens is 3. The molecule has 1 aliphatic rings. The third-order valence-corrected chi connectivity index (χ3v) is 6.77. The van der Waals surface area contributed by atoms with Crippen LogP contribution in [0.25, 0.3) is 11.3 Å². The first-order chi connectivity index (χ1) is 16.9. The van der Waals surface area contributed by atoms with Gasteiger partial charge in [0.1, 0.15) is 34.0 Å². The summed E-state index contributed by atoms with van der Waals surface area (Å²) in [7, 11) is 0. The number of alkyl halides is 3.